The third-order valence-corrected chi connectivity index (χ3v) is 6.34. The molecule has 1 aromatic rings. The van der Waals surface area contributed by atoms with E-state index < -0.39 is 0 Å². The number of rotatable bonds is 2. The number of allylic oxidation sites excluding steroid dienone is 1. The van der Waals surface area contributed by atoms with E-state index in [-0.39, 0.29) is 18.0 Å². The summed E-state index contributed by atoms with van der Waals surface area (Å²) in [5, 5.41) is 12.7. The van der Waals surface area contributed by atoms with Crippen molar-refractivity contribution in [2.24, 2.45) is 16.8 Å². The maximum atomic E-state index is 9.38. The molecule has 4 aliphatic heterocycles. The second kappa shape index (κ2) is 6.93. The quantitative estimate of drug-likeness (QED) is 0.851. The molecule has 1 N–H and O–H groups in total. The van der Waals surface area contributed by atoms with Crippen molar-refractivity contribution in [2.45, 2.75) is 44.9 Å². The van der Waals surface area contributed by atoms with Gasteiger partial charge in [0.05, 0.1) is 23.6 Å². The molecule has 28 heavy (non-hydrogen) atoms. The first-order valence-electron chi connectivity index (χ1n) is 10.1. The van der Waals surface area contributed by atoms with Crippen molar-refractivity contribution in [1.82, 2.24) is 20.2 Å². The van der Waals surface area contributed by atoms with E-state index in [4.69, 9.17) is 0 Å². The van der Waals surface area contributed by atoms with Crippen molar-refractivity contribution in [2.75, 3.05) is 18.0 Å². The van der Waals surface area contributed by atoms with Crippen LogP contribution in [0.1, 0.15) is 31.0 Å². The predicted molar refractivity (Wildman–Crippen MR) is 107 cm³/mol. The topological polar surface area (TPSA) is 80.4 Å². The van der Waals surface area contributed by atoms with Crippen LogP contribution in [0.3, 0.4) is 0 Å². The van der Waals surface area contributed by atoms with E-state index in [1.54, 1.807) is 6.33 Å². The van der Waals surface area contributed by atoms with Crippen molar-refractivity contribution in [3.8, 4) is 6.07 Å². The lowest BCUT2D eigenvalue weighted by Gasteiger charge is -2.42. The third kappa shape index (κ3) is 2.84. The summed E-state index contributed by atoms with van der Waals surface area (Å²) in [6, 6.07) is 2.81. The number of aromatic nitrogens is 2. The zero-order chi connectivity index (χ0) is 19.1. The number of nitriles is 1. The van der Waals surface area contributed by atoms with Crippen LogP contribution in [0, 0.1) is 23.2 Å². The first-order valence-corrected chi connectivity index (χ1v) is 10.1. The summed E-state index contributed by atoms with van der Waals surface area (Å²) in [7, 11) is 0. The summed E-state index contributed by atoms with van der Waals surface area (Å²) in [6.45, 7) is 4.80. The van der Waals surface area contributed by atoms with Gasteiger partial charge in [0.2, 0.25) is 0 Å². The van der Waals surface area contributed by atoms with Gasteiger partial charge in [-0.3, -0.25) is 4.99 Å². The van der Waals surface area contributed by atoms with Gasteiger partial charge in [-0.25, -0.2) is 9.97 Å². The van der Waals surface area contributed by atoms with Crippen molar-refractivity contribution < 1.29 is 0 Å². The number of hydrogen-bond acceptors (Lipinski definition) is 7. The molecule has 1 saturated heterocycles. The lowest BCUT2D eigenvalue weighted by molar-refractivity contribution is 0.212. The van der Waals surface area contributed by atoms with Gasteiger partial charge in [-0.1, -0.05) is 6.08 Å². The Morgan fingerprint density at radius 3 is 3.14 bits per heavy atom. The molecule has 4 atom stereocenters. The number of dihydropyridines is 1. The second-order valence-corrected chi connectivity index (χ2v) is 8.10. The molecule has 7 nitrogen and oxygen atoms in total. The largest absolute Gasteiger partial charge is 0.369 e. The minimum Gasteiger partial charge on any atom is -0.369 e. The minimum absolute atomic E-state index is 0.0886. The Balaban J connectivity index is 1.47. The van der Waals surface area contributed by atoms with Crippen LogP contribution in [0.5, 0.6) is 0 Å². The molecule has 5 heterocycles. The van der Waals surface area contributed by atoms with Crippen molar-refractivity contribution in [1.29, 1.82) is 5.26 Å². The minimum atomic E-state index is 0.0886. The highest BCUT2D eigenvalue weighted by Crippen LogP contribution is 2.36. The van der Waals surface area contributed by atoms with Crippen molar-refractivity contribution >= 4 is 12.0 Å². The van der Waals surface area contributed by atoms with Gasteiger partial charge in [0.1, 0.15) is 18.3 Å². The van der Waals surface area contributed by atoms with E-state index in [0.29, 0.717) is 6.04 Å². The third-order valence-electron chi connectivity index (χ3n) is 6.34. The fourth-order valence-corrected chi connectivity index (χ4v) is 4.86. The van der Waals surface area contributed by atoms with Crippen LogP contribution in [0.25, 0.3) is 0 Å². The highest BCUT2D eigenvalue weighted by molar-refractivity contribution is 5.74. The Bertz CT molecular complexity index is 897. The Morgan fingerprint density at radius 1 is 1.32 bits per heavy atom. The molecular formula is C21H25N7. The Kier molecular flexibility index (Phi) is 4.27. The number of anilines is 1. The number of nitrogens with zero attached hydrogens (tertiary/aromatic N) is 6. The van der Waals surface area contributed by atoms with E-state index in [1.165, 1.54) is 11.3 Å². The standard InChI is InChI=1S/C21H25N7/c1-14-9-18-17(12-28(14)19-5-7-24-20-16(19)4-6-23-20)21(26-13-25-18)27-8-2-3-15(10-22)11-27/h4-7,13-16,20,23H,2-3,8-9,11-12H2,1H3/t14-,15?,16?,20?/m1/s1. The maximum Gasteiger partial charge on any atom is 0.137 e. The molecule has 0 aliphatic carbocycles. The van der Waals surface area contributed by atoms with Crippen molar-refractivity contribution in [3.63, 3.8) is 0 Å². The van der Waals surface area contributed by atoms with Crippen LogP contribution >= 0.6 is 0 Å². The van der Waals surface area contributed by atoms with E-state index in [2.05, 4.69) is 55.2 Å². The summed E-state index contributed by atoms with van der Waals surface area (Å²) in [6.07, 6.45) is 13.0. The monoisotopic (exact) mass is 375 g/mol. The first-order chi connectivity index (χ1) is 13.7. The summed E-state index contributed by atoms with van der Waals surface area (Å²) in [5.74, 6) is 1.38. The van der Waals surface area contributed by atoms with Gasteiger partial charge in [0.25, 0.3) is 0 Å². The molecule has 0 amide bonds. The van der Waals surface area contributed by atoms with Crippen LogP contribution in [-0.4, -0.2) is 46.4 Å². The molecule has 1 aromatic heterocycles. The fourth-order valence-electron chi connectivity index (χ4n) is 4.86. The van der Waals surface area contributed by atoms with Gasteiger partial charge in [0.15, 0.2) is 0 Å². The van der Waals surface area contributed by atoms with Gasteiger partial charge >= 0.3 is 0 Å². The van der Waals surface area contributed by atoms with Crippen molar-refractivity contribution in [3.05, 3.63) is 41.6 Å². The van der Waals surface area contributed by atoms with Gasteiger partial charge in [0, 0.05) is 49.6 Å². The van der Waals surface area contributed by atoms with E-state index >= 15 is 0 Å². The molecule has 144 valence electrons. The molecule has 3 unspecified atom stereocenters. The lowest BCUT2D eigenvalue weighted by atomic mass is 9.93. The second-order valence-electron chi connectivity index (χ2n) is 8.10. The molecular weight excluding hydrogens is 350 g/mol. The zero-order valence-electron chi connectivity index (χ0n) is 16.1. The van der Waals surface area contributed by atoms with Crippen LogP contribution < -0.4 is 10.2 Å². The molecule has 0 saturated carbocycles. The SMILES string of the molecule is C[C@@H]1Cc2ncnc(N3CCCC(C#N)C3)c2CN1C1=CC=NC2NC=CC12. The summed E-state index contributed by atoms with van der Waals surface area (Å²) < 4.78 is 0. The van der Waals surface area contributed by atoms with Gasteiger partial charge < -0.3 is 15.1 Å². The number of piperidine rings is 1. The molecule has 1 fully saturated rings. The van der Waals surface area contributed by atoms with Gasteiger partial charge in [-0.05, 0) is 32.0 Å². The van der Waals surface area contributed by atoms with Crippen LogP contribution in [0.2, 0.25) is 0 Å². The highest BCUT2D eigenvalue weighted by atomic mass is 15.2. The molecule has 5 rings (SSSR count). The molecule has 4 aliphatic rings. The van der Waals surface area contributed by atoms with E-state index in [1.807, 2.05) is 12.4 Å². The first kappa shape index (κ1) is 17.2. The summed E-state index contributed by atoms with van der Waals surface area (Å²) >= 11 is 0. The Morgan fingerprint density at radius 2 is 2.25 bits per heavy atom. The number of aliphatic imine (C=N–C) groups is 1. The molecule has 0 spiro atoms. The van der Waals surface area contributed by atoms with Gasteiger partial charge in [-0.15, -0.1) is 0 Å². The molecule has 0 bridgehead atoms. The van der Waals surface area contributed by atoms with Crippen LogP contribution in [0.4, 0.5) is 5.82 Å². The lowest BCUT2D eigenvalue weighted by Crippen LogP contribution is -2.44. The normalized spacial score (nSPS) is 30.9. The zero-order valence-corrected chi connectivity index (χ0v) is 16.1. The molecule has 0 aromatic carbocycles. The maximum absolute atomic E-state index is 9.38. The Labute approximate surface area is 165 Å². The van der Waals surface area contributed by atoms with E-state index in [9.17, 15) is 5.26 Å². The van der Waals surface area contributed by atoms with Crippen LogP contribution in [0.15, 0.2) is 35.4 Å². The molecule has 7 heteroatoms. The van der Waals surface area contributed by atoms with Gasteiger partial charge in [-0.2, -0.15) is 5.26 Å². The average Bonchev–Trinajstić information content (AvgIpc) is 3.22. The highest BCUT2D eigenvalue weighted by Gasteiger charge is 2.36. The van der Waals surface area contributed by atoms with E-state index in [0.717, 1.165) is 50.4 Å². The summed E-state index contributed by atoms with van der Waals surface area (Å²) in [5.41, 5.74) is 3.67. The average molecular weight is 375 g/mol. The predicted octanol–water partition coefficient (Wildman–Crippen LogP) is 1.99. The number of hydrogen-bond donors (Lipinski definition) is 1. The molecule has 0 radical (unpaired) electrons. The fraction of sp³-hybridized carbons (Fsp3) is 0.524. The van der Waals surface area contributed by atoms with Crippen LogP contribution in [-0.2, 0) is 13.0 Å². The summed E-state index contributed by atoms with van der Waals surface area (Å²) in [4.78, 5) is 18.6. The Hall–Kier alpha value is -2.88. The number of nitrogens with one attached hydrogen (secondary N) is 1. The number of fused-ring (bicyclic) bond motifs is 2. The smallest absolute Gasteiger partial charge is 0.137 e.